The van der Waals surface area contributed by atoms with Gasteiger partial charge in [0.2, 0.25) is 10.0 Å². The maximum Gasteiger partial charge on any atom is 0.211 e. The highest BCUT2D eigenvalue weighted by Gasteiger charge is 2.13. The van der Waals surface area contributed by atoms with Crippen LogP contribution < -0.4 is 4.72 Å². The summed E-state index contributed by atoms with van der Waals surface area (Å²) in [5.41, 5.74) is 0. The second-order valence-electron chi connectivity index (χ2n) is 4.26. The zero-order valence-electron chi connectivity index (χ0n) is 10.4. The van der Waals surface area contributed by atoms with Crippen LogP contribution >= 0.6 is 0 Å². The van der Waals surface area contributed by atoms with Crippen molar-refractivity contribution in [2.24, 2.45) is 0 Å². The molecular weight excluding hydrogens is 226 g/mol. The Hall–Kier alpha value is -0.130. The third kappa shape index (κ3) is 9.12. The van der Waals surface area contributed by atoms with Crippen molar-refractivity contribution in [3.63, 3.8) is 0 Å². The molecule has 0 heterocycles. The van der Waals surface area contributed by atoms with E-state index in [9.17, 15) is 8.42 Å². The number of unbranched alkanes of at least 4 members (excludes halogenated alkanes) is 3. The predicted molar refractivity (Wildman–Crippen MR) is 66.8 cm³/mol. The molecule has 0 aromatic carbocycles. The topological polar surface area (TPSA) is 66.4 Å². The zero-order chi connectivity index (χ0) is 12.4. The molecule has 2 N–H and O–H groups in total. The summed E-state index contributed by atoms with van der Waals surface area (Å²) in [6, 6.07) is 0.0191. The molecule has 0 aliphatic carbocycles. The van der Waals surface area contributed by atoms with Gasteiger partial charge in [-0.25, -0.2) is 13.1 Å². The second-order valence-corrected chi connectivity index (χ2v) is 6.14. The molecule has 16 heavy (non-hydrogen) atoms. The van der Waals surface area contributed by atoms with E-state index in [1.807, 2.05) is 6.92 Å². The average Bonchev–Trinajstić information content (AvgIpc) is 2.17. The molecule has 4 nitrogen and oxygen atoms in total. The highest BCUT2D eigenvalue weighted by molar-refractivity contribution is 7.89. The molecule has 0 aliphatic rings. The van der Waals surface area contributed by atoms with Crippen molar-refractivity contribution in [2.75, 3.05) is 12.4 Å². The lowest BCUT2D eigenvalue weighted by Crippen LogP contribution is -2.34. The molecule has 0 amide bonds. The number of sulfonamides is 1. The molecule has 0 aromatic rings. The summed E-state index contributed by atoms with van der Waals surface area (Å²) in [7, 11) is -3.15. The van der Waals surface area contributed by atoms with Crippen molar-refractivity contribution < 1.29 is 13.5 Å². The summed E-state index contributed by atoms with van der Waals surface area (Å²) in [4.78, 5) is 0. The van der Waals surface area contributed by atoms with E-state index in [-0.39, 0.29) is 18.4 Å². The summed E-state index contributed by atoms with van der Waals surface area (Å²) < 4.78 is 25.8. The van der Waals surface area contributed by atoms with Gasteiger partial charge >= 0.3 is 0 Å². The highest BCUT2D eigenvalue weighted by atomic mass is 32.2. The fourth-order valence-electron chi connectivity index (χ4n) is 1.53. The van der Waals surface area contributed by atoms with E-state index in [2.05, 4.69) is 11.6 Å². The lowest BCUT2D eigenvalue weighted by atomic mass is 10.1. The Morgan fingerprint density at radius 1 is 1.19 bits per heavy atom. The van der Waals surface area contributed by atoms with Crippen molar-refractivity contribution >= 4 is 10.0 Å². The van der Waals surface area contributed by atoms with Gasteiger partial charge in [-0.1, -0.05) is 26.2 Å². The van der Waals surface area contributed by atoms with E-state index in [4.69, 9.17) is 5.11 Å². The van der Waals surface area contributed by atoms with E-state index in [0.717, 1.165) is 25.7 Å². The van der Waals surface area contributed by atoms with E-state index < -0.39 is 10.0 Å². The highest BCUT2D eigenvalue weighted by Crippen LogP contribution is 2.04. The maximum absolute atomic E-state index is 11.6. The fraction of sp³-hybridized carbons (Fsp3) is 1.00. The van der Waals surface area contributed by atoms with Crippen LogP contribution in [-0.4, -0.2) is 31.9 Å². The smallest absolute Gasteiger partial charge is 0.211 e. The first-order chi connectivity index (χ1) is 7.52. The Kier molecular flexibility index (Phi) is 8.89. The standard InChI is InChI=1S/C11H25NO3S/c1-3-4-5-8-11(2)12-16(14,15)10-7-6-9-13/h11-13H,3-10H2,1-2H3. The number of hydrogen-bond donors (Lipinski definition) is 2. The molecule has 0 rings (SSSR count). The number of hydrogen-bond acceptors (Lipinski definition) is 3. The molecule has 0 saturated carbocycles. The van der Waals surface area contributed by atoms with Crippen molar-refractivity contribution in [1.29, 1.82) is 0 Å². The van der Waals surface area contributed by atoms with E-state index >= 15 is 0 Å². The summed E-state index contributed by atoms with van der Waals surface area (Å²) >= 11 is 0. The molecule has 0 aromatic heterocycles. The average molecular weight is 251 g/mol. The van der Waals surface area contributed by atoms with Crippen LogP contribution in [0.3, 0.4) is 0 Å². The molecule has 0 spiro atoms. The van der Waals surface area contributed by atoms with Crippen molar-refractivity contribution in [2.45, 2.75) is 58.4 Å². The monoisotopic (exact) mass is 251 g/mol. The van der Waals surface area contributed by atoms with Gasteiger partial charge in [-0.2, -0.15) is 0 Å². The van der Waals surface area contributed by atoms with Crippen LogP contribution in [0.4, 0.5) is 0 Å². The number of nitrogens with one attached hydrogen (secondary N) is 1. The third-order valence-electron chi connectivity index (χ3n) is 2.44. The molecule has 5 heteroatoms. The molecule has 1 atom stereocenters. The van der Waals surface area contributed by atoms with Crippen LogP contribution in [0, 0.1) is 0 Å². The van der Waals surface area contributed by atoms with Gasteiger partial charge in [0.15, 0.2) is 0 Å². The zero-order valence-corrected chi connectivity index (χ0v) is 11.2. The summed E-state index contributed by atoms with van der Waals surface area (Å²) in [5, 5.41) is 8.57. The minimum Gasteiger partial charge on any atom is -0.396 e. The fourth-order valence-corrected chi connectivity index (χ4v) is 2.96. The summed E-state index contributed by atoms with van der Waals surface area (Å²) in [6.45, 7) is 4.09. The molecule has 1 unspecified atom stereocenters. The van der Waals surface area contributed by atoms with Crippen molar-refractivity contribution in [3.05, 3.63) is 0 Å². The largest absolute Gasteiger partial charge is 0.396 e. The van der Waals surface area contributed by atoms with E-state index in [1.54, 1.807) is 0 Å². The Balaban J connectivity index is 3.77. The third-order valence-corrected chi connectivity index (χ3v) is 4.03. The Bertz CT molecular complexity index is 252. The maximum atomic E-state index is 11.6. The van der Waals surface area contributed by atoms with Gasteiger partial charge in [-0.15, -0.1) is 0 Å². The van der Waals surface area contributed by atoms with Crippen LogP contribution in [0.2, 0.25) is 0 Å². The Morgan fingerprint density at radius 3 is 2.44 bits per heavy atom. The van der Waals surface area contributed by atoms with E-state index in [1.165, 1.54) is 0 Å². The number of aliphatic hydroxyl groups excluding tert-OH is 1. The number of aliphatic hydroxyl groups is 1. The van der Waals surface area contributed by atoms with Gasteiger partial charge in [-0.05, 0) is 26.2 Å². The van der Waals surface area contributed by atoms with Crippen LogP contribution in [0.25, 0.3) is 0 Å². The van der Waals surface area contributed by atoms with Gasteiger partial charge < -0.3 is 5.11 Å². The normalized spacial score (nSPS) is 13.9. The van der Waals surface area contributed by atoms with Gasteiger partial charge in [0.05, 0.1) is 5.75 Å². The summed E-state index contributed by atoms with van der Waals surface area (Å²) in [6.07, 6.45) is 5.33. The first-order valence-corrected chi connectivity index (χ1v) is 7.78. The number of rotatable bonds is 10. The van der Waals surface area contributed by atoms with Crippen LogP contribution in [0.5, 0.6) is 0 Å². The second kappa shape index (κ2) is 8.96. The molecule has 0 saturated heterocycles. The SMILES string of the molecule is CCCCCC(C)NS(=O)(=O)CCCCO. The molecule has 0 aliphatic heterocycles. The van der Waals surface area contributed by atoms with Crippen LogP contribution in [0.15, 0.2) is 0 Å². The molecule has 0 fully saturated rings. The molecular formula is C11H25NO3S. The lowest BCUT2D eigenvalue weighted by Gasteiger charge is -2.13. The first-order valence-electron chi connectivity index (χ1n) is 6.12. The minimum atomic E-state index is -3.15. The van der Waals surface area contributed by atoms with Gasteiger partial charge in [-0.3, -0.25) is 0 Å². The van der Waals surface area contributed by atoms with Crippen molar-refractivity contribution in [1.82, 2.24) is 4.72 Å². The minimum absolute atomic E-state index is 0.0191. The molecule has 0 bridgehead atoms. The molecule has 98 valence electrons. The van der Waals surface area contributed by atoms with Crippen LogP contribution in [-0.2, 0) is 10.0 Å². The Morgan fingerprint density at radius 2 is 1.88 bits per heavy atom. The van der Waals surface area contributed by atoms with Gasteiger partial charge in [0.1, 0.15) is 0 Å². The van der Waals surface area contributed by atoms with Crippen molar-refractivity contribution in [3.8, 4) is 0 Å². The van der Waals surface area contributed by atoms with Gasteiger partial charge in [0, 0.05) is 12.6 Å². The lowest BCUT2D eigenvalue weighted by molar-refractivity contribution is 0.287. The van der Waals surface area contributed by atoms with E-state index in [0.29, 0.717) is 12.8 Å². The first kappa shape index (κ1) is 15.9. The van der Waals surface area contributed by atoms with Gasteiger partial charge in [0.25, 0.3) is 0 Å². The quantitative estimate of drug-likeness (QED) is 0.580. The Labute approximate surface area is 99.5 Å². The summed E-state index contributed by atoms with van der Waals surface area (Å²) in [5.74, 6) is 0.117. The predicted octanol–water partition coefficient (Wildman–Crippen LogP) is 1.65. The molecule has 0 radical (unpaired) electrons. The van der Waals surface area contributed by atoms with Crippen LogP contribution in [0.1, 0.15) is 52.4 Å².